The first-order chi connectivity index (χ1) is 14.6. The summed E-state index contributed by atoms with van der Waals surface area (Å²) < 4.78 is 10.5. The number of thiophene rings is 1. The predicted octanol–water partition coefficient (Wildman–Crippen LogP) is 3.13. The fourth-order valence-corrected chi connectivity index (χ4v) is 5.12. The van der Waals surface area contributed by atoms with Gasteiger partial charge in [0.05, 0.1) is 19.6 Å². The van der Waals surface area contributed by atoms with Crippen molar-refractivity contribution in [3.05, 3.63) is 50.4 Å². The molecule has 1 aromatic carbocycles. The van der Waals surface area contributed by atoms with E-state index in [1.807, 2.05) is 18.2 Å². The Morgan fingerprint density at radius 1 is 1.20 bits per heavy atom. The summed E-state index contributed by atoms with van der Waals surface area (Å²) in [5.74, 6) is 1.73. The molecule has 0 aliphatic heterocycles. The van der Waals surface area contributed by atoms with E-state index >= 15 is 0 Å². The Hall–Kier alpha value is -2.87. The van der Waals surface area contributed by atoms with Crippen molar-refractivity contribution in [2.75, 3.05) is 14.2 Å². The van der Waals surface area contributed by atoms with Crippen LogP contribution in [-0.2, 0) is 30.6 Å². The second kappa shape index (κ2) is 8.87. The molecule has 0 saturated carbocycles. The number of aromatic nitrogens is 2. The molecule has 0 unspecified atom stereocenters. The Kier molecular flexibility index (Phi) is 6.03. The van der Waals surface area contributed by atoms with Gasteiger partial charge in [0.25, 0.3) is 5.56 Å². The van der Waals surface area contributed by atoms with E-state index in [4.69, 9.17) is 9.47 Å². The Bertz CT molecular complexity index is 1140. The van der Waals surface area contributed by atoms with Crippen LogP contribution in [-0.4, -0.2) is 30.1 Å². The highest BCUT2D eigenvalue weighted by Gasteiger charge is 2.19. The number of methoxy groups -OCH3 is 2. The topological polar surface area (TPSA) is 93.3 Å². The van der Waals surface area contributed by atoms with E-state index < -0.39 is 0 Å². The second-order valence-electron chi connectivity index (χ2n) is 7.37. The number of nitrogens with one attached hydrogen (secondary N) is 2. The first-order valence-corrected chi connectivity index (χ1v) is 10.9. The van der Waals surface area contributed by atoms with E-state index in [2.05, 4.69) is 15.3 Å². The molecule has 3 aromatic rings. The molecule has 0 saturated heterocycles. The third kappa shape index (κ3) is 4.18. The van der Waals surface area contributed by atoms with Gasteiger partial charge in [-0.1, -0.05) is 6.07 Å². The number of nitrogens with zero attached hydrogens (tertiary/aromatic N) is 1. The predicted molar refractivity (Wildman–Crippen MR) is 117 cm³/mol. The molecule has 0 spiro atoms. The lowest BCUT2D eigenvalue weighted by Crippen LogP contribution is -2.23. The van der Waals surface area contributed by atoms with Crippen molar-refractivity contribution in [2.24, 2.45) is 0 Å². The fourth-order valence-electron chi connectivity index (χ4n) is 3.84. The summed E-state index contributed by atoms with van der Waals surface area (Å²) in [6, 6.07) is 5.53. The lowest BCUT2D eigenvalue weighted by molar-refractivity contribution is -0.121. The van der Waals surface area contributed by atoms with Gasteiger partial charge in [-0.3, -0.25) is 9.59 Å². The summed E-state index contributed by atoms with van der Waals surface area (Å²) in [5.41, 5.74) is 2.01. The number of carbonyl (C=O) groups excluding carboxylic acids is 1. The van der Waals surface area contributed by atoms with Gasteiger partial charge in [0.15, 0.2) is 11.5 Å². The molecule has 2 N–H and O–H groups in total. The van der Waals surface area contributed by atoms with Crippen molar-refractivity contribution in [3.8, 4) is 11.5 Å². The van der Waals surface area contributed by atoms with Crippen molar-refractivity contribution >= 4 is 27.5 Å². The molecule has 1 amide bonds. The van der Waals surface area contributed by atoms with Crippen LogP contribution >= 0.6 is 11.3 Å². The van der Waals surface area contributed by atoms with E-state index in [-0.39, 0.29) is 17.9 Å². The van der Waals surface area contributed by atoms with Crippen LogP contribution in [0, 0.1) is 0 Å². The Labute approximate surface area is 178 Å². The highest BCUT2D eigenvalue weighted by Crippen LogP contribution is 2.33. The normalized spacial score (nSPS) is 13.1. The zero-order chi connectivity index (χ0) is 21.1. The first kappa shape index (κ1) is 20.4. The summed E-state index contributed by atoms with van der Waals surface area (Å²) in [6.07, 6.45) is 4.94. The molecule has 0 radical (unpaired) electrons. The summed E-state index contributed by atoms with van der Waals surface area (Å²) in [5, 5.41) is 3.64. The summed E-state index contributed by atoms with van der Waals surface area (Å²) in [4.78, 5) is 34.5. The van der Waals surface area contributed by atoms with E-state index in [0.29, 0.717) is 30.3 Å². The summed E-state index contributed by atoms with van der Waals surface area (Å²) in [7, 11) is 3.16. The lowest BCUT2D eigenvalue weighted by atomic mass is 9.97. The zero-order valence-electron chi connectivity index (χ0n) is 17.2. The molecule has 0 fully saturated rings. The third-order valence-electron chi connectivity index (χ3n) is 5.40. The number of benzene rings is 1. The molecule has 2 aromatic heterocycles. The van der Waals surface area contributed by atoms with Crippen molar-refractivity contribution in [2.45, 2.75) is 45.1 Å². The molecule has 1 aliphatic rings. The minimum Gasteiger partial charge on any atom is -0.493 e. The van der Waals surface area contributed by atoms with Gasteiger partial charge in [0, 0.05) is 24.3 Å². The lowest BCUT2D eigenvalue weighted by Gasteiger charge is -2.10. The summed E-state index contributed by atoms with van der Waals surface area (Å²) >= 11 is 1.62. The van der Waals surface area contributed by atoms with Gasteiger partial charge in [-0.15, -0.1) is 11.3 Å². The van der Waals surface area contributed by atoms with Gasteiger partial charge < -0.3 is 19.8 Å². The molecular formula is C22H25N3O4S. The van der Waals surface area contributed by atoms with Gasteiger partial charge in [0.1, 0.15) is 10.7 Å². The van der Waals surface area contributed by atoms with Gasteiger partial charge in [-0.25, -0.2) is 4.98 Å². The molecule has 4 rings (SSSR count). The quantitative estimate of drug-likeness (QED) is 0.604. The molecule has 0 bridgehead atoms. The van der Waals surface area contributed by atoms with Crippen LogP contribution in [0.5, 0.6) is 11.5 Å². The van der Waals surface area contributed by atoms with Gasteiger partial charge >= 0.3 is 0 Å². The number of H-pyrrole nitrogens is 1. The average molecular weight is 428 g/mol. The smallest absolute Gasteiger partial charge is 0.259 e. The monoisotopic (exact) mass is 427 g/mol. The maximum atomic E-state index is 12.6. The van der Waals surface area contributed by atoms with Crippen molar-refractivity contribution in [1.82, 2.24) is 15.3 Å². The minimum absolute atomic E-state index is 0.0832. The van der Waals surface area contributed by atoms with Crippen LogP contribution in [0.3, 0.4) is 0 Å². The second-order valence-corrected chi connectivity index (χ2v) is 8.45. The van der Waals surface area contributed by atoms with Crippen LogP contribution in [0.1, 0.15) is 41.1 Å². The van der Waals surface area contributed by atoms with Crippen LogP contribution in [0.2, 0.25) is 0 Å². The number of aryl methyl sites for hydroxylation is 3. The number of hydrogen-bond acceptors (Lipinski definition) is 6. The molecule has 158 valence electrons. The van der Waals surface area contributed by atoms with Crippen LogP contribution < -0.4 is 20.3 Å². The van der Waals surface area contributed by atoms with Crippen LogP contribution in [0.25, 0.3) is 10.2 Å². The third-order valence-corrected chi connectivity index (χ3v) is 6.59. The number of fused-ring (bicyclic) bond motifs is 3. The van der Waals surface area contributed by atoms with Gasteiger partial charge in [0.2, 0.25) is 5.91 Å². The Balaban J connectivity index is 1.38. The van der Waals surface area contributed by atoms with Crippen molar-refractivity contribution in [1.29, 1.82) is 0 Å². The van der Waals surface area contributed by atoms with Crippen LogP contribution in [0.4, 0.5) is 0 Å². The molecule has 2 heterocycles. The zero-order valence-corrected chi connectivity index (χ0v) is 18.0. The number of hydrogen-bond donors (Lipinski definition) is 2. The van der Waals surface area contributed by atoms with Crippen molar-refractivity contribution < 1.29 is 14.3 Å². The minimum atomic E-state index is -0.0991. The first-order valence-electron chi connectivity index (χ1n) is 10.1. The Morgan fingerprint density at radius 2 is 2.00 bits per heavy atom. The van der Waals surface area contributed by atoms with Crippen molar-refractivity contribution in [3.63, 3.8) is 0 Å². The number of amides is 1. The van der Waals surface area contributed by atoms with Gasteiger partial charge in [-0.2, -0.15) is 0 Å². The molecule has 8 heteroatoms. The molecule has 0 atom stereocenters. The number of rotatable bonds is 7. The van der Waals surface area contributed by atoms with E-state index in [1.54, 1.807) is 25.6 Å². The maximum absolute atomic E-state index is 12.6. The SMILES string of the molecule is COc1ccc(CNC(=O)CCc2nc3sc4c(c3c(=O)[nH]2)CCCC4)cc1OC. The fraction of sp³-hybridized carbons (Fsp3) is 0.409. The molecule has 30 heavy (non-hydrogen) atoms. The highest BCUT2D eigenvalue weighted by molar-refractivity contribution is 7.18. The van der Waals surface area contributed by atoms with E-state index in [0.717, 1.165) is 35.0 Å². The largest absolute Gasteiger partial charge is 0.493 e. The van der Waals surface area contributed by atoms with Gasteiger partial charge in [-0.05, 0) is 48.9 Å². The van der Waals surface area contributed by atoms with E-state index in [9.17, 15) is 9.59 Å². The Morgan fingerprint density at radius 3 is 2.80 bits per heavy atom. The van der Waals surface area contributed by atoms with Crippen LogP contribution in [0.15, 0.2) is 23.0 Å². The van der Waals surface area contributed by atoms with E-state index in [1.165, 1.54) is 16.9 Å². The number of ether oxygens (including phenoxy) is 2. The maximum Gasteiger partial charge on any atom is 0.259 e. The highest BCUT2D eigenvalue weighted by atomic mass is 32.1. The molecule has 7 nitrogen and oxygen atoms in total. The number of carbonyl (C=O) groups is 1. The standard InChI is InChI=1S/C22H25N3O4S/c1-28-15-8-7-13(11-16(15)29-2)12-23-19(26)10-9-18-24-21(27)20-14-5-3-4-6-17(14)30-22(20)25-18/h7-8,11H,3-6,9-10,12H2,1-2H3,(H,23,26)(H,24,25,27). The number of aromatic amines is 1. The molecule has 1 aliphatic carbocycles. The summed E-state index contributed by atoms with van der Waals surface area (Å²) in [6.45, 7) is 0.389. The average Bonchev–Trinajstić information content (AvgIpc) is 3.14. The molecular weight excluding hydrogens is 402 g/mol.